The van der Waals surface area contributed by atoms with Crippen LogP contribution in [0.3, 0.4) is 0 Å². The topological polar surface area (TPSA) is 56.4 Å². The number of nitrogens with zero attached hydrogens (tertiary/aromatic N) is 1. The predicted molar refractivity (Wildman–Crippen MR) is 13.4 cm³/mol. The second-order valence-electron chi connectivity index (χ2n) is 0.245. The molecule has 0 rings (SSSR count). The van der Waals surface area contributed by atoms with Crippen molar-refractivity contribution in [2.45, 2.75) is 0 Å². The maximum atomic E-state index is 7.26. The molecule has 0 aliphatic carbocycles. The Balaban J connectivity index is 2.55. The normalized spacial score (nSPS) is 9.00. The van der Waals surface area contributed by atoms with Gasteiger partial charge in [0.25, 0.3) is 0 Å². The molecule has 0 aromatic heterocycles. The monoisotopic (exact) mass is 59.0 g/mol. The SMILES string of the molecule is [NH]C=NO. The van der Waals surface area contributed by atoms with Crippen molar-refractivity contribution in [3.63, 3.8) is 0 Å². The van der Waals surface area contributed by atoms with Crippen LogP contribution in [-0.2, 0) is 0 Å². The second kappa shape index (κ2) is 2.27. The molecular formula is CH3N2O. The first-order chi connectivity index (χ1) is 1.91. The summed E-state index contributed by atoms with van der Waals surface area (Å²) in [6.07, 6.45) is 0.556. The van der Waals surface area contributed by atoms with Crippen molar-refractivity contribution in [3.8, 4) is 0 Å². The first kappa shape index (κ1) is 3.27. The summed E-state index contributed by atoms with van der Waals surface area (Å²) >= 11 is 0. The van der Waals surface area contributed by atoms with Gasteiger partial charge in [-0.05, 0) is 0 Å². The Morgan fingerprint density at radius 2 is 2.25 bits per heavy atom. The molecule has 0 fully saturated rings. The van der Waals surface area contributed by atoms with Crippen LogP contribution in [0.1, 0.15) is 0 Å². The van der Waals surface area contributed by atoms with Gasteiger partial charge in [0.05, 0.1) is 0 Å². The highest BCUT2D eigenvalue weighted by atomic mass is 16.4. The maximum Gasteiger partial charge on any atom is 0.146 e. The van der Waals surface area contributed by atoms with E-state index in [4.69, 9.17) is 10.9 Å². The number of nitrogens with one attached hydrogen (secondary N) is 1. The fourth-order valence-electron chi connectivity index (χ4n) is 0. The molecule has 0 spiro atoms. The van der Waals surface area contributed by atoms with Gasteiger partial charge in [-0.3, -0.25) is 5.73 Å². The van der Waals surface area contributed by atoms with Gasteiger partial charge in [0.1, 0.15) is 6.34 Å². The molecule has 0 aromatic carbocycles. The number of hydrogen-bond acceptors (Lipinski definition) is 2. The molecule has 23 valence electrons. The Bertz CT molecular complexity index is 21.2. The van der Waals surface area contributed by atoms with Crippen LogP contribution in [0.15, 0.2) is 5.16 Å². The van der Waals surface area contributed by atoms with Crippen LogP contribution >= 0.6 is 0 Å². The van der Waals surface area contributed by atoms with Crippen LogP contribution in [0.2, 0.25) is 0 Å². The predicted octanol–water partition coefficient (Wildman–Crippen LogP) is -0.313. The zero-order valence-electron chi connectivity index (χ0n) is 1.97. The first-order valence-electron chi connectivity index (χ1n) is 0.747. The first-order valence-corrected chi connectivity index (χ1v) is 0.747. The Hall–Kier alpha value is -0.730. The van der Waals surface area contributed by atoms with E-state index in [1.807, 2.05) is 0 Å². The lowest BCUT2D eigenvalue weighted by molar-refractivity contribution is 0.321. The van der Waals surface area contributed by atoms with E-state index in [0.29, 0.717) is 6.34 Å². The summed E-state index contributed by atoms with van der Waals surface area (Å²) in [5.41, 5.74) is 5.91. The van der Waals surface area contributed by atoms with E-state index in [-0.39, 0.29) is 0 Å². The Kier molecular flexibility index (Phi) is 1.86. The van der Waals surface area contributed by atoms with Crippen LogP contribution in [0.25, 0.3) is 0 Å². The van der Waals surface area contributed by atoms with E-state index in [1.54, 1.807) is 0 Å². The third kappa shape index (κ3) is 1.27. The minimum absolute atomic E-state index is 0.556. The van der Waals surface area contributed by atoms with E-state index < -0.39 is 0 Å². The highest BCUT2D eigenvalue weighted by molar-refractivity contribution is 5.48. The summed E-state index contributed by atoms with van der Waals surface area (Å²) in [6, 6.07) is 0. The van der Waals surface area contributed by atoms with E-state index in [2.05, 4.69) is 5.16 Å². The third-order valence-corrected chi connectivity index (χ3v) is 0.0577. The Morgan fingerprint density at radius 3 is 2.25 bits per heavy atom. The molecule has 0 aliphatic rings. The average molecular weight is 59.0 g/mol. The van der Waals surface area contributed by atoms with Crippen LogP contribution < -0.4 is 5.73 Å². The van der Waals surface area contributed by atoms with Crippen molar-refractivity contribution in [2.75, 3.05) is 0 Å². The van der Waals surface area contributed by atoms with Gasteiger partial charge in [-0.25, -0.2) is 0 Å². The van der Waals surface area contributed by atoms with Gasteiger partial charge < -0.3 is 5.21 Å². The van der Waals surface area contributed by atoms with Crippen LogP contribution in [0.4, 0.5) is 0 Å². The third-order valence-electron chi connectivity index (χ3n) is 0.0577. The minimum Gasteiger partial charge on any atom is -0.410 e. The average Bonchev–Trinajstić information content (AvgIpc) is 1.37. The fraction of sp³-hybridized carbons (Fsp3) is 0. The molecule has 0 saturated heterocycles. The molecule has 0 unspecified atom stereocenters. The Morgan fingerprint density at radius 1 is 2.00 bits per heavy atom. The molecule has 0 amide bonds. The maximum absolute atomic E-state index is 7.26. The molecule has 3 nitrogen and oxygen atoms in total. The van der Waals surface area contributed by atoms with Crippen molar-refractivity contribution in [1.29, 1.82) is 0 Å². The van der Waals surface area contributed by atoms with Gasteiger partial charge in [0.2, 0.25) is 0 Å². The lowest BCUT2D eigenvalue weighted by Crippen LogP contribution is -1.62. The van der Waals surface area contributed by atoms with Crippen molar-refractivity contribution in [3.05, 3.63) is 0 Å². The van der Waals surface area contributed by atoms with Gasteiger partial charge in [-0.15, -0.1) is 0 Å². The molecule has 3 heteroatoms. The molecule has 2 N–H and O–H groups in total. The largest absolute Gasteiger partial charge is 0.410 e. The van der Waals surface area contributed by atoms with Gasteiger partial charge >= 0.3 is 0 Å². The Labute approximate surface area is 23.7 Å². The fourth-order valence-corrected chi connectivity index (χ4v) is 0. The lowest BCUT2D eigenvalue weighted by Gasteiger charge is -1.53. The van der Waals surface area contributed by atoms with E-state index >= 15 is 0 Å². The number of rotatable bonds is 0. The highest BCUT2D eigenvalue weighted by Crippen LogP contribution is 1.30. The van der Waals surface area contributed by atoms with E-state index in [1.165, 1.54) is 0 Å². The molecule has 1 radical (unpaired) electrons. The zero-order chi connectivity index (χ0) is 3.41. The van der Waals surface area contributed by atoms with Crippen molar-refractivity contribution in [2.24, 2.45) is 5.16 Å². The summed E-state index contributed by atoms with van der Waals surface area (Å²) < 4.78 is 0. The van der Waals surface area contributed by atoms with Gasteiger partial charge in [-0.1, -0.05) is 5.16 Å². The molecule has 0 bridgehead atoms. The van der Waals surface area contributed by atoms with E-state index in [9.17, 15) is 0 Å². The van der Waals surface area contributed by atoms with Gasteiger partial charge in [0, 0.05) is 0 Å². The van der Waals surface area contributed by atoms with Crippen molar-refractivity contribution >= 4 is 6.34 Å². The minimum atomic E-state index is 0.556. The second-order valence-corrected chi connectivity index (χ2v) is 0.245. The summed E-state index contributed by atoms with van der Waals surface area (Å²) in [4.78, 5) is 0. The summed E-state index contributed by atoms with van der Waals surface area (Å²) in [5, 5.41) is 9.53. The molecule has 0 aliphatic heterocycles. The molecule has 0 saturated carbocycles. The van der Waals surface area contributed by atoms with Crippen LogP contribution in [0.5, 0.6) is 0 Å². The smallest absolute Gasteiger partial charge is 0.146 e. The van der Waals surface area contributed by atoms with Gasteiger partial charge in [0.15, 0.2) is 0 Å². The van der Waals surface area contributed by atoms with Crippen LogP contribution in [-0.4, -0.2) is 11.5 Å². The van der Waals surface area contributed by atoms with Crippen LogP contribution in [0, 0.1) is 0 Å². The molecule has 0 atom stereocenters. The van der Waals surface area contributed by atoms with E-state index in [0.717, 1.165) is 0 Å². The summed E-state index contributed by atoms with van der Waals surface area (Å²) in [5.74, 6) is 0. The summed E-state index contributed by atoms with van der Waals surface area (Å²) in [6.45, 7) is 0. The van der Waals surface area contributed by atoms with Crippen molar-refractivity contribution in [1.82, 2.24) is 5.73 Å². The van der Waals surface area contributed by atoms with Crippen molar-refractivity contribution < 1.29 is 5.21 Å². The quantitative estimate of drug-likeness (QED) is 0.177. The number of hydrogen-bond donors (Lipinski definition) is 1. The molecule has 0 heterocycles. The molecular weight excluding hydrogens is 56.0 g/mol. The lowest BCUT2D eigenvalue weighted by atomic mass is 11.4. The number of oxime groups is 1. The summed E-state index contributed by atoms with van der Waals surface area (Å²) in [7, 11) is 0. The standard InChI is InChI=1S/CH3N2O/c2-1-3-4/h1-2,4H. The molecule has 4 heavy (non-hydrogen) atoms. The van der Waals surface area contributed by atoms with Gasteiger partial charge in [-0.2, -0.15) is 0 Å². The zero-order valence-corrected chi connectivity index (χ0v) is 1.97. The highest BCUT2D eigenvalue weighted by Gasteiger charge is 1.35. The molecule has 0 aromatic rings.